The van der Waals surface area contributed by atoms with Crippen LogP contribution in [0.2, 0.25) is 0 Å². The Balaban J connectivity index is 2.34. The van der Waals surface area contributed by atoms with E-state index in [1.807, 2.05) is 19.2 Å². The van der Waals surface area contributed by atoms with Gasteiger partial charge in [-0.25, -0.2) is 19.7 Å². The zero-order valence-electron chi connectivity index (χ0n) is 11.5. The van der Waals surface area contributed by atoms with E-state index in [1.54, 1.807) is 24.5 Å². The molecule has 0 amide bonds. The number of thiazole rings is 1. The van der Waals surface area contributed by atoms with Crippen LogP contribution in [-0.4, -0.2) is 26.0 Å². The second-order valence-corrected chi connectivity index (χ2v) is 6.46. The number of carbonyl (C=O) groups is 1. The number of aromatic nitrogens is 3. The zero-order valence-corrected chi connectivity index (χ0v) is 13.1. The number of rotatable bonds is 5. The maximum atomic E-state index is 11.4. The SMILES string of the molecule is Cc1nc(C(C)C)nc(SCc2nccs2)c1C(=O)O. The van der Waals surface area contributed by atoms with Crippen LogP contribution in [0.4, 0.5) is 0 Å². The lowest BCUT2D eigenvalue weighted by atomic mass is 10.2. The molecule has 1 N–H and O–H groups in total. The van der Waals surface area contributed by atoms with Gasteiger partial charge in [0.1, 0.15) is 21.4 Å². The summed E-state index contributed by atoms with van der Waals surface area (Å²) >= 11 is 2.94. The summed E-state index contributed by atoms with van der Waals surface area (Å²) in [7, 11) is 0. The summed E-state index contributed by atoms with van der Waals surface area (Å²) in [5.74, 6) is 0.468. The van der Waals surface area contributed by atoms with Crippen LogP contribution < -0.4 is 0 Å². The van der Waals surface area contributed by atoms with Gasteiger partial charge in [-0.3, -0.25) is 0 Å². The number of aromatic carboxylic acids is 1. The molecule has 0 spiro atoms. The van der Waals surface area contributed by atoms with Gasteiger partial charge < -0.3 is 5.11 Å². The topological polar surface area (TPSA) is 76.0 Å². The van der Waals surface area contributed by atoms with Gasteiger partial charge in [-0.05, 0) is 6.92 Å². The maximum Gasteiger partial charge on any atom is 0.340 e. The minimum Gasteiger partial charge on any atom is -0.478 e. The van der Waals surface area contributed by atoms with Gasteiger partial charge in [0, 0.05) is 17.5 Å². The highest BCUT2D eigenvalue weighted by Gasteiger charge is 2.19. The fourth-order valence-corrected chi connectivity index (χ4v) is 3.35. The van der Waals surface area contributed by atoms with Crippen molar-refractivity contribution in [2.75, 3.05) is 0 Å². The van der Waals surface area contributed by atoms with Crippen molar-refractivity contribution in [3.05, 3.63) is 33.7 Å². The predicted molar refractivity (Wildman–Crippen MR) is 79.5 cm³/mol. The Bertz CT molecular complexity index is 612. The largest absolute Gasteiger partial charge is 0.478 e. The molecule has 0 aliphatic heterocycles. The van der Waals surface area contributed by atoms with Crippen molar-refractivity contribution in [3.63, 3.8) is 0 Å². The minimum atomic E-state index is -0.987. The number of thioether (sulfide) groups is 1. The molecule has 0 aromatic carbocycles. The van der Waals surface area contributed by atoms with Crippen LogP contribution in [0.3, 0.4) is 0 Å². The molecular formula is C13H15N3O2S2. The van der Waals surface area contributed by atoms with E-state index < -0.39 is 5.97 Å². The van der Waals surface area contributed by atoms with E-state index in [1.165, 1.54) is 11.8 Å². The first-order valence-electron chi connectivity index (χ1n) is 6.12. The van der Waals surface area contributed by atoms with Crippen molar-refractivity contribution in [1.29, 1.82) is 0 Å². The highest BCUT2D eigenvalue weighted by atomic mass is 32.2. The quantitative estimate of drug-likeness (QED) is 0.674. The zero-order chi connectivity index (χ0) is 14.7. The van der Waals surface area contributed by atoms with E-state index in [4.69, 9.17) is 0 Å². The minimum absolute atomic E-state index is 0.163. The van der Waals surface area contributed by atoms with Crippen molar-refractivity contribution in [3.8, 4) is 0 Å². The summed E-state index contributed by atoms with van der Waals surface area (Å²) in [5.41, 5.74) is 0.703. The highest BCUT2D eigenvalue weighted by Crippen LogP contribution is 2.28. The number of aryl methyl sites for hydroxylation is 1. The van der Waals surface area contributed by atoms with Crippen molar-refractivity contribution < 1.29 is 9.90 Å². The first kappa shape index (κ1) is 14.9. The molecular weight excluding hydrogens is 294 g/mol. The molecule has 0 saturated carbocycles. The molecule has 2 rings (SSSR count). The van der Waals surface area contributed by atoms with E-state index in [-0.39, 0.29) is 11.5 Å². The monoisotopic (exact) mass is 309 g/mol. The van der Waals surface area contributed by atoms with E-state index in [0.717, 1.165) is 5.01 Å². The normalized spacial score (nSPS) is 11.0. The summed E-state index contributed by atoms with van der Waals surface area (Å²) in [6.07, 6.45) is 1.74. The van der Waals surface area contributed by atoms with Crippen LogP contribution in [0.15, 0.2) is 16.6 Å². The average Bonchev–Trinajstić information content (AvgIpc) is 2.88. The molecule has 0 fully saturated rings. The van der Waals surface area contributed by atoms with Gasteiger partial charge >= 0.3 is 5.97 Å². The van der Waals surface area contributed by atoms with Crippen LogP contribution in [0, 0.1) is 6.92 Å². The lowest BCUT2D eigenvalue weighted by Crippen LogP contribution is -2.10. The molecule has 2 heterocycles. The van der Waals surface area contributed by atoms with Crippen LogP contribution in [-0.2, 0) is 5.75 Å². The van der Waals surface area contributed by atoms with Crippen LogP contribution in [0.25, 0.3) is 0 Å². The number of hydrogen-bond donors (Lipinski definition) is 1. The van der Waals surface area contributed by atoms with E-state index in [2.05, 4.69) is 15.0 Å². The molecule has 0 bridgehead atoms. The Hall–Kier alpha value is -1.47. The van der Waals surface area contributed by atoms with Crippen molar-refractivity contribution in [2.24, 2.45) is 0 Å². The molecule has 2 aromatic heterocycles. The van der Waals surface area contributed by atoms with Gasteiger partial charge in [0.05, 0.1) is 11.4 Å². The molecule has 0 unspecified atom stereocenters. The van der Waals surface area contributed by atoms with Gasteiger partial charge in [0.2, 0.25) is 0 Å². The number of carboxylic acids is 1. The summed E-state index contributed by atoms with van der Waals surface area (Å²) in [6, 6.07) is 0. The second-order valence-electron chi connectivity index (χ2n) is 4.52. The van der Waals surface area contributed by atoms with Crippen LogP contribution >= 0.6 is 23.1 Å². The molecule has 20 heavy (non-hydrogen) atoms. The van der Waals surface area contributed by atoms with Gasteiger partial charge in [-0.15, -0.1) is 11.3 Å². The van der Waals surface area contributed by atoms with Crippen LogP contribution in [0.5, 0.6) is 0 Å². The summed E-state index contributed by atoms with van der Waals surface area (Å²) < 4.78 is 0. The van der Waals surface area contributed by atoms with E-state index in [0.29, 0.717) is 22.3 Å². The molecule has 0 aliphatic carbocycles. The van der Waals surface area contributed by atoms with Gasteiger partial charge in [-0.2, -0.15) is 0 Å². The molecule has 0 saturated heterocycles. The number of carboxylic acid groups (broad SMARTS) is 1. The van der Waals surface area contributed by atoms with Crippen molar-refractivity contribution >= 4 is 29.1 Å². The summed E-state index contributed by atoms with van der Waals surface area (Å²) in [5, 5.41) is 12.7. The highest BCUT2D eigenvalue weighted by molar-refractivity contribution is 7.98. The van der Waals surface area contributed by atoms with Gasteiger partial charge in [0.15, 0.2) is 0 Å². The van der Waals surface area contributed by atoms with Crippen LogP contribution in [0.1, 0.15) is 46.6 Å². The Morgan fingerprint density at radius 1 is 1.45 bits per heavy atom. The standard InChI is InChI=1S/C13H15N3O2S2/c1-7(2)11-15-8(3)10(13(17)18)12(16-11)20-6-9-14-4-5-19-9/h4-5,7H,6H2,1-3H3,(H,17,18). The van der Waals surface area contributed by atoms with E-state index in [9.17, 15) is 9.90 Å². The molecule has 0 atom stereocenters. The molecule has 0 radical (unpaired) electrons. The smallest absolute Gasteiger partial charge is 0.340 e. The average molecular weight is 309 g/mol. The Morgan fingerprint density at radius 2 is 2.20 bits per heavy atom. The number of hydrogen-bond acceptors (Lipinski definition) is 6. The molecule has 5 nitrogen and oxygen atoms in total. The Labute approximate surface area is 125 Å². The second kappa shape index (κ2) is 6.32. The van der Waals surface area contributed by atoms with Crippen molar-refractivity contribution in [1.82, 2.24) is 15.0 Å². The lowest BCUT2D eigenvalue weighted by molar-refractivity contribution is 0.0690. The fourth-order valence-electron chi connectivity index (χ4n) is 1.63. The third kappa shape index (κ3) is 3.34. The molecule has 106 valence electrons. The van der Waals surface area contributed by atoms with Gasteiger partial charge in [0.25, 0.3) is 0 Å². The first-order valence-corrected chi connectivity index (χ1v) is 7.98. The third-order valence-corrected chi connectivity index (χ3v) is 4.57. The maximum absolute atomic E-state index is 11.4. The molecule has 2 aromatic rings. The number of nitrogens with zero attached hydrogens (tertiary/aromatic N) is 3. The molecule has 0 aliphatic rings. The van der Waals surface area contributed by atoms with E-state index >= 15 is 0 Å². The Morgan fingerprint density at radius 3 is 2.75 bits per heavy atom. The lowest BCUT2D eigenvalue weighted by Gasteiger charge is -2.11. The first-order chi connectivity index (χ1) is 9.49. The third-order valence-electron chi connectivity index (χ3n) is 2.62. The van der Waals surface area contributed by atoms with Crippen molar-refractivity contribution in [2.45, 2.75) is 37.5 Å². The molecule has 7 heteroatoms. The Kier molecular flexibility index (Phi) is 4.72. The summed E-state index contributed by atoms with van der Waals surface area (Å²) in [4.78, 5) is 24.3. The van der Waals surface area contributed by atoms with Gasteiger partial charge in [-0.1, -0.05) is 25.6 Å². The fraction of sp³-hybridized carbons (Fsp3) is 0.385. The predicted octanol–water partition coefficient (Wildman–Crippen LogP) is 3.36. The summed E-state index contributed by atoms with van der Waals surface area (Å²) in [6.45, 7) is 5.69.